The van der Waals surface area contributed by atoms with Crippen LogP contribution in [0, 0.1) is 5.41 Å². The topological polar surface area (TPSA) is 21.3 Å². The van der Waals surface area contributed by atoms with E-state index in [0.29, 0.717) is 5.92 Å². The van der Waals surface area contributed by atoms with E-state index in [-0.39, 0.29) is 5.41 Å². The number of benzene rings is 1. The largest absolute Gasteiger partial charge is 0.381 e. The van der Waals surface area contributed by atoms with E-state index in [4.69, 9.17) is 16.3 Å². The lowest BCUT2D eigenvalue weighted by Crippen LogP contribution is -2.44. The van der Waals surface area contributed by atoms with Crippen LogP contribution in [-0.4, -0.2) is 26.3 Å². The van der Waals surface area contributed by atoms with Crippen molar-refractivity contribution in [2.75, 3.05) is 26.3 Å². The Balaban J connectivity index is 2.19. The molecule has 0 spiro atoms. The van der Waals surface area contributed by atoms with Gasteiger partial charge in [-0.2, -0.15) is 0 Å². The van der Waals surface area contributed by atoms with Crippen LogP contribution in [0.4, 0.5) is 0 Å². The second-order valence-corrected chi connectivity index (χ2v) is 5.79. The van der Waals surface area contributed by atoms with Crippen molar-refractivity contribution < 1.29 is 4.74 Å². The van der Waals surface area contributed by atoms with Crippen LogP contribution in [0.15, 0.2) is 24.3 Å². The van der Waals surface area contributed by atoms with Crippen LogP contribution in [0.2, 0.25) is 5.02 Å². The summed E-state index contributed by atoms with van der Waals surface area (Å²) in [4.78, 5) is 0. The van der Waals surface area contributed by atoms with Crippen LogP contribution in [0.3, 0.4) is 0 Å². The first-order valence-electron chi connectivity index (χ1n) is 6.69. The third-order valence-corrected chi connectivity index (χ3v) is 4.22. The molecule has 2 atom stereocenters. The fraction of sp³-hybridized carbons (Fsp3) is 0.600. The molecular formula is C15H22ClNO. The summed E-state index contributed by atoms with van der Waals surface area (Å²) in [6, 6.07) is 8.24. The summed E-state index contributed by atoms with van der Waals surface area (Å²) >= 11 is 5.96. The monoisotopic (exact) mass is 267 g/mol. The number of hydrogen-bond donors (Lipinski definition) is 1. The van der Waals surface area contributed by atoms with Crippen molar-refractivity contribution in [3.63, 3.8) is 0 Å². The van der Waals surface area contributed by atoms with Gasteiger partial charge in [-0.3, -0.25) is 0 Å². The first kappa shape index (κ1) is 13.9. The zero-order valence-corrected chi connectivity index (χ0v) is 12.0. The molecule has 0 amide bonds. The number of piperidine rings is 1. The molecule has 0 bridgehead atoms. The summed E-state index contributed by atoms with van der Waals surface area (Å²) in [5.74, 6) is 0.495. The molecule has 0 aliphatic carbocycles. The molecule has 0 aromatic heterocycles. The SMILES string of the molecule is CCOCC1(C)CCNCC1c1ccc(Cl)cc1. The van der Waals surface area contributed by atoms with Crippen molar-refractivity contribution >= 4 is 11.6 Å². The molecule has 1 heterocycles. The van der Waals surface area contributed by atoms with Gasteiger partial charge in [-0.1, -0.05) is 30.7 Å². The summed E-state index contributed by atoms with van der Waals surface area (Å²) in [6.45, 7) is 8.11. The molecular weight excluding hydrogens is 246 g/mol. The molecule has 2 nitrogen and oxygen atoms in total. The van der Waals surface area contributed by atoms with Crippen molar-refractivity contribution in [1.82, 2.24) is 5.32 Å². The minimum atomic E-state index is 0.217. The van der Waals surface area contributed by atoms with Gasteiger partial charge in [0.25, 0.3) is 0 Å². The molecule has 1 saturated heterocycles. The third kappa shape index (κ3) is 3.05. The molecule has 1 aromatic carbocycles. The van der Waals surface area contributed by atoms with Gasteiger partial charge in [0, 0.05) is 29.5 Å². The van der Waals surface area contributed by atoms with Crippen LogP contribution >= 0.6 is 11.6 Å². The number of halogens is 1. The molecule has 1 fully saturated rings. The van der Waals surface area contributed by atoms with Crippen LogP contribution in [0.5, 0.6) is 0 Å². The Hall–Kier alpha value is -0.570. The van der Waals surface area contributed by atoms with Gasteiger partial charge in [0.05, 0.1) is 6.61 Å². The van der Waals surface area contributed by atoms with Crippen molar-refractivity contribution in [1.29, 1.82) is 0 Å². The van der Waals surface area contributed by atoms with Gasteiger partial charge in [-0.05, 0) is 37.6 Å². The molecule has 2 unspecified atom stereocenters. The van der Waals surface area contributed by atoms with Crippen molar-refractivity contribution in [2.24, 2.45) is 5.41 Å². The van der Waals surface area contributed by atoms with E-state index < -0.39 is 0 Å². The smallest absolute Gasteiger partial charge is 0.0526 e. The first-order valence-corrected chi connectivity index (χ1v) is 7.07. The summed E-state index contributed by atoms with van der Waals surface area (Å²) in [6.07, 6.45) is 1.15. The second kappa shape index (κ2) is 6.05. The fourth-order valence-electron chi connectivity index (χ4n) is 2.76. The molecule has 0 saturated carbocycles. The summed E-state index contributed by atoms with van der Waals surface area (Å²) < 4.78 is 5.70. The second-order valence-electron chi connectivity index (χ2n) is 5.35. The van der Waals surface area contributed by atoms with E-state index in [2.05, 4.69) is 31.3 Å². The van der Waals surface area contributed by atoms with E-state index in [1.807, 2.05) is 12.1 Å². The molecule has 1 aliphatic rings. The predicted octanol–water partition coefficient (Wildman–Crippen LogP) is 3.46. The minimum absolute atomic E-state index is 0.217. The highest BCUT2D eigenvalue weighted by atomic mass is 35.5. The number of nitrogens with one attached hydrogen (secondary N) is 1. The minimum Gasteiger partial charge on any atom is -0.381 e. The molecule has 0 radical (unpaired) electrons. The molecule has 100 valence electrons. The zero-order chi connectivity index (χ0) is 13.0. The third-order valence-electron chi connectivity index (χ3n) is 3.97. The normalized spacial score (nSPS) is 28.3. The maximum Gasteiger partial charge on any atom is 0.0526 e. The van der Waals surface area contributed by atoms with Crippen molar-refractivity contribution in [2.45, 2.75) is 26.2 Å². The van der Waals surface area contributed by atoms with Crippen LogP contribution in [0.1, 0.15) is 31.7 Å². The van der Waals surface area contributed by atoms with Gasteiger partial charge in [0.1, 0.15) is 0 Å². The summed E-state index contributed by atoms with van der Waals surface area (Å²) in [5, 5.41) is 4.29. The lowest BCUT2D eigenvalue weighted by Gasteiger charge is -2.42. The lowest BCUT2D eigenvalue weighted by atomic mass is 9.70. The quantitative estimate of drug-likeness (QED) is 0.902. The lowest BCUT2D eigenvalue weighted by molar-refractivity contribution is 0.0279. The van der Waals surface area contributed by atoms with Gasteiger partial charge in [-0.25, -0.2) is 0 Å². The molecule has 3 heteroatoms. The molecule has 1 aliphatic heterocycles. The Kier molecular flexibility index (Phi) is 4.66. The Bertz CT molecular complexity index is 379. The van der Waals surface area contributed by atoms with Crippen LogP contribution in [-0.2, 0) is 4.74 Å². The van der Waals surface area contributed by atoms with Gasteiger partial charge in [0.2, 0.25) is 0 Å². The Morgan fingerprint density at radius 3 is 2.78 bits per heavy atom. The maximum atomic E-state index is 5.96. The van der Waals surface area contributed by atoms with Crippen LogP contribution < -0.4 is 5.32 Å². The van der Waals surface area contributed by atoms with E-state index >= 15 is 0 Å². The predicted molar refractivity (Wildman–Crippen MR) is 76.3 cm³/mol. The highest BCUT2D eigenvalue weighted by Gasteiger charge is 2.37. The van der Waals surface area contributed by atoms with E-state index in [1.54, 1.807) is 0 Å². The zero-order valence-electron chi connectivity index (χ0n) is 11.2. The van der Waals surface area contributed by atoms with Gasteiger partial charge in [-0.15, -0.1) is 0 Å². The highest BCUT2D eigenvalue weighted by molar-refractivity contribution is 6.30. The highest BCUT2D eigenvalue weighted by Crippen LogP contribution is 2.41. The standard InChI is InChI=1S/C15H22ClNO/c1-3-18-11-15(2)8-9-17-10-14(15)12-4-6-13(16)7-5-12/h4-7,14,17H,3,8-11H2,1-2H3. The van der Waals surface area contributed by atoms with E-state index in [0.717, 1.165) is 37.7 Å². The Morgan fingerprint density at radius 1 is 1.39 bits per heavy atom. The number of ether oxygens (including phenoxy) is 1. The molecule has 1 aromatic rings. The van der Waals surface area contributed by atoms with Gasteiger partial charge >= 0.3 is 0 Å². The van der Waals surface area contributed by atoms with Gasteiger partial charge < -0.3 is 10.1 Å². The van der Waals surface area contributed by atoms with Crippen molar-refractivity contribution in [3.8, 4) is 0 Å². The first-order chi connectivity index (χ1) is 8.65. The van der Waals surface area contributed by atoms with Gasteiger partial charge in [0.15, 0.2) is 0 Å². The molecule has 1 N–H and O–H groups in total. The van der Waals surface area contributed by atoms with E-state index in [1.165, 1.54) is 5.56 Å². The summed E-state index contributed by atoms with van der Waals surface area (Å²) in [7, 11) is 0. The van der Waals surface area contributed by atoms with E-state index in [9.17, 15) is 0 Å². The molecule has 18 heavy (non-hydrogen) atoms. The molecule has 2 rings (SSSR count). The Morgan fingerprint density at radius 2 is 2.11 bits per heavy atom. The van der Waals surface area contributed by atoms with Crippen molar-refractivity contribution in [3.05, 3.63) is 34.9 Å². The number of rotatable bonds is 4. The van der Waals surface area contributed by atoms with Crippen LogP contribution in [0.25, 0.3) is 0 Å². The Labute approximate surface area is 115 Å². The maximum absolute atomic E-state index is 5.96. The number of hydrogen-bond acceptors (Lipinski definition) is 2. The average molecular weight is 268 g/mol. The fourth-order valence-corrected chi connectivity index (χ4v) is 2.89. The average Bonchev–Trinajstić information content (AvgIpc) is 2.38. The summed E-state index contributed by atoms with van der Waals surface area (Å²) in [5.41, 5.74) is 1.57.